The lowest BCUT2D eigenvalue weighted by Crippen LogP contribution is -2.38. The first-order chi connectivity index (χ1) is 16.6. The highest BCUT2D eigenvalue weighted by Gasteiger charge is 2.41. The Bertz CT molecular complexity index is 1250. The van der Waals surface area contributed by atoms with E-state index in [0.29, 0.717) is 24.8 Å². The SMILES string of the molecule is CCC(=O)N1c2ccccc2NC2=C(C(=O)C[C@H](c3ccc(OC)cc3)C2)[C@@H]1c1ccccc1. The molecule has 34 heavy (non-hydrogen) atoms. The number of carbonyl (C=O) groups excluding carboxylic acids is 2. The Balaban J connectivity index is 1.66. The zero-order valence-corrected chi connectivity index (χ0v) is 19.5. The Kier molecular flexibility index (Phi) is 5.93. The third kappa shape index (κ3) is 3.87. The van der Waals surface area contributed by atoms with Crippen LogP contribution in [-0.2, 0) is 9.59 Å². The van der Waals surface area contributed by atoms with Crippen molar-refractivity contribution in [2.24, 2.45) is 0 Å². The highest BCUT2D eigenvalue weighted by molar-refractivity contribution is 6.06. The molecule has 0 fully saturated rings. The van der Waals surface area contributed by atoms with E-state index < -0.39 is 6.04 Å². The molecule has 0 aromatic heterocycles. The van der Waals surface area contributed by atoms with E-state index in [-0.39, 0.29) is 17.6 Å². The summed E-state index contributed by atoms with van der Waals surface area (Å²) < 4.78 is 5.30. The van der Waals surface area contributed by atoms with E-state index in [0.717, 1.165) is 33.9 Å². The van der Waals surface area contributed by atoms with E-state index >= 15 is 0 Å². The number of benzene rings is 3. The molecular formula is C29H28N2O3. The number of methoxy groups -OCH3 is 1. The van der Waals surface area contributed by atoms with E-state index in [1.54, 1.807) is 7.11 Å². The topological polar surface area (TPSA) is 58.6 Å². The van der Waals surface area contributed by atoms with Crippen LogP contribution in [0.1, 0.15) is 49.3 Å². The zero-order chi connectivity index (χ0) is 23.7. The quantitative estimate of drug-likeness (QED) is 0.527. The Hall–Kier alpha value is -3.86. The number of allylic oxidation sites excluding steroid dienone is 1. The number of nitrogens with one attached hydrogen (secondary N) is 1. The number of Topliss-reactive ketones (excluding diaryl/α,β-unsaturated/α-hetero) is 1. The van der Waals surface area contributed by atoms with Crippen molar-refractivity contribution in [3.63, 3.8) is 0 Å². The number of amides is 1. The monoisotopic (exact) mass is 452 g/mol. The van der Waals surface area contributed by atoms with E-state index in [9.17, 15) is 9.59 Å². The maximum atomic E-state index is 13.8. The average molecular weight is 453 g/mol. The zero-order valence-electron chi connectivity index (χ0n) is 19.5. The molecule has 0 saturated carbocycles. The second-order valence-electron chi connectivity index (χ2n) is 8.77. The minimum absolute atomic E-state index is 0.0121. The third-order valence-corrected chi connectivity index (χ3v) is 6.76. The van der Waals surface area contributed by atoms with E-state index in [4.69, 9.17) is 4.74 Å². The van der Waals surface area contributed by atoms with Crippen molar-refractivity contribution in [3.8, 4) is 5.75 Å². The lowest BCUT2D eigenvalue weighted by atomic mass is 9.78. The van der Waals surface area contributed by atoms with Crippen LogP contribution < -0.4 is 15.0 Å². The number of ketones is 1. The molecule has 1 aliphatic heterocycles. The van der Waals surface area contributed by atoms with Gasteiger partial charge in [0, 0.05) is 24.1 Å². The second kappa shape index (κ2) is 9.18. The summed E-state index contributed by atoms with van der Waals surface area (Å²) in [4.78, 5) is 29.0. The third-order valence-electron chi connectivity index (χ3n) is 6.76. The molecule has 1 heterocycles. The predicted octanol–water partition coefficient (Wildman–Crippen LogP) is 6.01. The van der Waals surface area contributed by atoms with Gasteiger partial charge in [-0.25, -0.2) is 0 Å². The van der Waals surface area contributed by atoms with Crippen LogP contribution in [0.25, 0.3) is 0 Å². The highest BCUT2D eigenvalue weighted by atomic mass is 16.5. The van der Waals surface area contributed by atoms with Gasteiger partial charge in [-0.05, 0) is 47.7 Å². The van der Waals surface area contributed by atoms with Gasteiger partial charge in [0.1, 0.15) is 5.75 Å². The molecule has 2 aliphatic rings. The highest BCUT2D eigenvalue weighted by Crippen LogP contribution is 2.47. The maximum absolute atomic E-state index is 13.8. The largest absolute Gasteiger partial charge is 0.497 e. The summed E-state index contributed by atoms with van der Waals surface area (Å²) in [7, 11) is 1.65. The standard InChI is InChI=1S/C29H28N2O3/c1-3-27(33)31-25-12-8-7-11-23(25)30-24-17-21(19-13-15-22(34-2)16-14-19)18-26(32)28(24)29(31)20-9-5-4-6-10-20/h4-16,21,29-30H,3,17-18H2,1-2H3/t21-,29+/m1/s1. The fourth-order valence-corrected chi connectivity index (χ4v) is 5.10. The van der Waals surface area contributed by atoms with E-state index in [2.05, 4.69) is 5.32 Å². The molecule has 172 valence electrons. The number of anilines is 2. The Morgan fingerprint density at radius 3 is 2.35 bits per heavy atom. The predicted molar refractivity (Wildman–Crippen MR) is 134 cm³/mol. The summed E-state index contributed by atoms with van der Waals surface area (Å²) in [5.41, 5.74) is 5.27. The summed E-state index contributed by atoms with van der Waals surface area (Å²) >= 11 is 0. The maximum Gasteiger partial charge on any atom is 0.227 e. The van der Waals surface area contributed by atoms with E-state index in [1.165, 1.54) is 0 Å². The van der Waals surface area contributed by atoms with Crippen molar-refractivity contribution in [1.29, 1.82) is 0 Å². The van der Waals surface area contributed by atoms with Crippen LogP contribution in [0, 0.1) is 0 Å². The molecule has 1 amide bonds. The fraction of sp³-hybridized carbons (Fsp3) is 0.241. The number of para-hydroxylation sites is 2. The van der Waals surface area contributed by atoms with Gasteiger partial charge < -0.3 is 10.1 Å². The van der Waals surface area contributed by atoms with Crippen LogP contribution in [0.3, 0.4) is 0 Å². The first-order valence-electron chi connectivity index (χ1n) is 11.7. The summed E-state index contributed by atoms with van der Waals surface area (Å²) in [6, 6.07) is 25.2. The van der Waals surface area contributed by atoms with Gasteiger partial charge in [-0.15, -0.1) is 0 Å². The van der Waals surface area contributed by atoms with E-state index in [1.807, 2.05) is 90.7 Å². The Morgan fingerprint density at radius 1 is 0.941 bits per heavy atom. The molecule has 5 heteroatoms. The lowest BCUT2D eigenvalue weighted by Gasteiger charge is -2.35. The smallest absolute Gasteiger partial charge is 0.227 e. The summed E-state index contributed by atoms with van der Waals surface area (Å²) in [6.07, 6.45) is 1.45. The summed E-state index contributed by atoms with van der Waals surface area (Å²) in [6.45, 7) is 1.86. The van der Waals surface area contributed by atoms with Crippen LogP contribution in [0.4, 0.5) is 11.4 Å². The van der Waals surface area contributed by atoms with Crippen molar-refractivity contribution in [2.75, 3.05) is 17.3 Å². The molecule has 0 spiro atoms. The Labute approximate surface area is 200 Å². The first-order valence-corrected chi connectivity index (χ1v) is 11.7. The number of rotatable bonds is 4. The molecule has 3 aromatic rings. The molecule has 0 bridgehead atoms. The molecule has 3 aromatic carbocycles. The van der Waals surface area contributed by atoms with Gasteiger partial charge in [0.25, 0.3) is 0 Å². The fourth-order valence-electron chi connectivity index (χ4n) is 5.10. The van der Waals surface area contributed by atoms with Gasteiger partial charge in [0.15, 0.2) is 5.78 Å². The minimum Gasteiger partial charge on any atom is -0.497 e. The van der Waals surface area contributed by atoms with Gasteiger partial charge in [-0.2, -0.15) is 0 Å². The molecule has 0 radical (unpaired) electrons. The first kappa shape index (κ1) is 22.0. The summed E-state index contributed by atoms with van der Waals surface area (Å²) in [5.74, 6) is 0.916. The molecule has 5 rings (SSSR count). The number of fused-ring (bicyclic) bond motifs is 1. The van der Waals surface area contributed by atoms with Crippen molar-refractivity contribution in [1.82, 2.24) is 0 Å². The summed E-state index contributed by atoms with van der Waals surface area (Å²) in [5, 5.41) is 3.56. The van der Waals surface area contributed by atoms with Gasteiger partial charge in [0.2, 0.25) is 5.91 Å². The number of nitrogens with zero attached hydrogens (tertiary/aromatic N) is 1. The number of hydrogen-bond acceptors (Lipinski definition) is 4. The molecule has 1 N–H and O–H groups in total. The molecular weight excluding hydrogens is 424 g/mol. The molecule has 0 unspecified atom stereocenters. The molecule has 0 saturated heterocycles. The van der Waals surface area contributed by atoms with Crippen molar-refractivity contribution in [2.45, 2.75) is 38.1 Å². The number of ether oxygens (including phenoxy) is 1. The minimum atomic E-state index is -0.468. The van der Waals surface area contributed by atoms with Crippen LogP contribution >= 0.6 is 0 Å². The number of carbonyl (C=O) groups is 2. The normalized spacial score (nSPS) is 19.6. The van der Waals surface area contributed by atoms with Crippen LogP contribution in [0.2, 0.25) is 0 Å². The molecule has 5 nitrogen and oxygen atoms in total. The van der Waals surface area contributed by atoms with Crippen LogP contribution in [-0.4, -0.2) is 18.8 Å². The van der Waals surface area contributed by atoms with Gasteiger partial charge in [0.05, 0.1) is 24.5 Å². The van der Waals surface area contributed by atoms with Crippen molar-refractivity contribution >= 4 is 23.1 Å². The average Bonchev–Trinajstić information content (AvgIpc) is 3.03. The van der Waals surface area contributed by atoms with Crippen LogP contribution in [0.5, 0.6) is 5.75 Å². The van der Waals surface area contributed by atoms with Crippen molar-refractivity contribution in [3.05, 3.63) is 101 Å². The number of hydrogen-bond donors (Lipinski definition) is 1. The van der Waals surface area contributed by atoms with Gasteiger partial charge in [-0.1, -0.05) is 61.5 Å². The lowest BCUT2D eigenvalue weighted by molar-refractivity contribution is -0.119. The second-order valence-corrected chi connectivity index (χ2v) is 8.77. The Morgan fingerprint density at radius 2 is 1.65 bits per heavy atom. The van der Waals surface area contributed by atoms with Crippen molar-refractivity contribution < 1.29 is 14.3 Å². The molecule has 2 atom stereocenters. The molecule has 1 aliphatic carbocycles. The van der Waals surface area contributed by atoms with Gasteiger partial charge in [-0.3, -0.25) is 14.5 Å². The van der Waals surface area contributed by atoms with Gasteiger partial charge >= 0.3 is 0 Å². The van der Waals surface area contributed by atoms with Crippen LogP contribution in [0.15, 0.2) is 90.1 Å².